The third-order valence-electron chi connectivity index (χ3n) is 2.75. The van der Waals surface area contributed by atoms with Gasteiger partial charge in [-0.2, -0.15) is 5.10 Å². The SMILES string of the molecule is COC(=O)c1ccc(OC)c(CSc2n[nH]c(=O)[nH]c2=O)c1. The second-order valence-corrected chi connectivity index (χ2v) is 5.08. The number of esters is 1. The number of methoxy groups -OCH3 is 2. The molecule has 9 heteroatoms. The minimum absolute atomic E-state index is 0.116. The maximum atomic E-state index is 11.6. The van der Waals surface area contributed by atoms with Crippen LogP contribution in [0.2, 0.25) is 0 Å². The fourth-order valence-corrected chi connectivity index (χ4v) is 2.53. The van der Waals surface area contributed by atoms with Crippen LogP contribution in [0.15, 0.2) is 32.8 Å². The van der Waals surface area contributed by atoms with Gasteiger partial charge in [0, 0.05) is 11.3 Å². The van der Waals surface area contributed by atoms with E-state index in [-0.39, 0.29) is 5.03 Å². The first-order chi connectivity index (χ1) is 10.5. The van der Waals surface area contributed by atoms with Gasteiger partial charge < -0.3 is 9.47 Å². The highest BCUT2D eigenvalue weighted by molar-refractivity contribution is 7.98. The summed E-state index contributed by atoms with van der Waals surface area (Å²) in [4.78, 5) is 36.1. The van der Waals surface area contributed by atoms with Gasteiger partial charge in [-0.05, 0) is 18.2 Å². The van der Waals surface area contributed by atoms with Crippen molar-refractivity contribution in [3.05, 3.63) is 50.2 Å². The summed E-state index contributed by atoms with van der Waals surface area (Å²) in [7, 11) is 2.80. The van der Waals surface area contributed by atoms with Crippen LogP contribution >= 0.6 is 11.8 Å². The van der Waals surface area contributed by atoms with Gasteiger partial charge in [0.25, 0.3) is 5.56 Å². The Kier molecular flexibility index (Phi) is 4.99. The Bertz CT molecular complexity index is 799. The monoisotopic (exact) mass is 323 g/mol. The molecule has 0 saturated heterocycles. The van der Waals surface area contributed by atoms with Gasteiger partial charge in [0.05, 0.1) is 19.8 Å². The van der Waals surface area contributed by atoms with Crippen molar-refractivity contribution in [2.24, 2.45) is 0 Å². The Hall–Kier alpha value is -2.55. The number of nitrogens with zero attached hydrogens (tertiary/aromatic N) is 1. The van der Waals surface area contributed by atoms with E-state index in [1.54, 1.807) is 18.2 Å². The summed E-state index contributed by atoms with van der Waals surface area (Å²) in [5.41, 5.74) is -0.165. The smallest absolute Gasteiger partial charge is 0.342 e. The predicted octanol–water partition coefficient (Wildman–Crippen LogP) is 0.546. The van der Waals surface area contributed by atoms with Gasteiger partial charge in [-0.25, -0.2) is 14.7 Å². The lowest BCUT2D eigenvalue weighted by Crippen LogP contribution is -2.25. The minimum Gasteiger partial charge on any atom is -0.496 e. The Morgan fingerprint density at radius 1 is 1.32 bits per heavy atom. The van der Waals surface area contributed by atoms with Crippen LogP contribution in [0.5, 0.6) is 5.75 Å². The van der Waals surface area contributed by atoms with E-state index < -0.39 is 17.2 Å². The van der Waals surface area contributed by atoms with Gasteiger partial charge in [0.1, 0.15) is 5.75 Å². The molecule has 2 aromatic rings. The summed E-state index contributed by atoms with van der Waals surface area (Å²) in [5.74, 6) is 0.436. The Labute approximate surface area is 128 Å². The average molecular weight is 323 g/mol. The molecule has 2 rings (SSSR count). The molecule has 0 aliphatic rings. The van der Waals surface area contributed by atoms with Crippen LogP contribution in [-0.2, 0) is 10.5 Å². The molecule has 0 radical (unpaired) electrons. The zero-order valence-corrected chi connectivity index (χ0v) is 12.7. The van der Waals surface area contributed by atoms with Crippen molar-refractivity contribution in [3.8, 4) is 5.75 Å². The van der Waals surface area contributed by atoms with Crippen LogP contribution in [0.3, 0.4) is 0 Å². The molecule has 0 saturated carbocycles. The molecule has 116 valence electrons. The number of hydrogen-bond donors (Lipinski definition) is 2. The normalized spacial score (nSPS) is 10.3. The molecule has 0 fully saturated rings. The number of aromatic amines is 2. The first kappa shape index (κ1) is 15.8. The van der Waals surface area contributed by atoms with E-state index in [9.17, 15) is 14.4 Å². The van der Waals surface area contributed by atoms with E-state index in [0.717, 1.165) is 11.8 Å². The number of H-pyrrole nitrogens is 2. The van der Waals surface area contributed by atoms with E-state index >= 15 is 0 Å². The molecule has 22 heavy (non-hydrogen) atoms. The molecule has 0 unspecified atom stereocenters. The third-order valence-corrected chi connectivity index (χ3v) is 3.75. The lowest BCUT2D eigenvalue weighted by molar-refractivity contribution is 0.0600. The van der Waals surface area contributed by atoms with Crippen molar-refractivity contribution < 1.29 is 14.3 Å². The van der Waals surface area contributed by atoms with Crippen molar-refractivity contribution in [1.29, 1.82) is 0 Å². The van der Waals surface area contributed by atoms with Crippen LogP contribution < -0.4 is 16.0 Å². The van der Waals surface area contributed by atoms with Gasteiger partial charge in [0.2, 0.25) is 0 Å². The highest BCUT2D eigenvalue weighted by Gasteiger charge is 2.12. The molecule has 8 nitrogen and oxygen atoms in total. The maximum absolute atomic E-state index is 11.6. The standard InChI is InChI=1S/C13H13N3O5S/c1-20-9-4-3-7(12(18)21-2)5-8(9)6-22-11-10(17)14-13(19)16-15-11/h3-5H,6H2,1-2H3,(H2,14,16,17,19). The second kappa shape index (κ2) is 6.94. The second-order valence-electron chi connectivity index (χ2n) is 4.12. The number of nitrogens with one attached hydrogen (secondary N) is 2. The molecule has 0 spiro atoms. The van der Waals surface area contributed by atoms with E-state index in [0.29, 0.717) is 22.6 Å². The number of aromatic nitrogens is 3. The lowest BCUT2D eigenvalue weighted by atomic mass is 10.1. The number of thioether (sulfide) groups is 1. The van der Waals surface area contributed by atoms with Gasteiger partial charge in [0.15, 0.2) is 5.03 Å². The Morgan fingerprint density at radius 2 is 2.09 bits per heavy atom. The zero-order chi connectivity index (χ0) is 16.1. The summed E-state index contributed by atoms with van der Waals surface area (Å²) in [5, 5.41) is 5.94. The van der Waals surface area contributed by atoms with E-state index in [4.69, 9.17) is 4.74 Å². The van der Waals surface area contributed by atoms with E-state index in [2.05, 4.69) is 19.9 Å². The van der Waals surface area contributed by atoms with Gasteiger partial charge in [-0.1, -0.05) is 11.8 Å². The molecule has 0 aliphatic heterocycles. The number of carbonyl (C=O) groups is 1. The Balaban J connectivity index is 2.25. The third kappa shape index (κ3) is 3.55. The summed E-state index contributed by atoms with van der Waals surface area (Å²) in [6, 6.07) is 4.86. The topological polar surface area (TPSA) is 114 Å². The van der Waals surface area contributed by atoms with Crippen molar-refractivity contribution >= 4 is 17.7 Å². The summed E-state index contributed by atoms with van der Waals surface area (Å²) < 4.78 is 9.89. The van der Waals surface area contributed by atoms with Crippen LogP contribution in [-0.4, -0.2) is 35.4 Å². The highest BCUT2D eigenvalue weighted by Crippen LogP contribution is 2.26. The first-order valence-corrected chi connectivity index (χ1v) is 7.10. The minimum atomic E-state index is -0.667. The van der Waals surface area contributed by atoms with E-state index in [1.807, 2.05) is 0 Å². The molecule has 1 heterocycles. The fraction of sp³-hybridized carbons (Fsp3) is 0.231. The van der Waals surface area contributed by atoms with Crippen molar-refractivity contribution in [1.82, 2.24) is 15.2 Å². The summed E-state index contributed by atoms with van der Waals surface area (Å²) in [6.45, 7) is 0. The number of rotatable bonds is 5. The first-order valence-electron chi connectivity index (χ1n) is 6.12. The summed E-state index contributed by atoms with van der Waals surface area (Å²) >= 11 is 1.11. The predicted molar refractivity (Wildman–Crippen MR) is 79.4 cm³/mol. The van der Waals surface area contributed by atoms with Gasteiger partial charge >= 0.3 is 11.7 Å². The Morgan fingerprint density at radius 3 is 2.73 bits per heavy atom. The van der Waals surface area contributed by atoms with Gasteiger partial charge in [-0.15, -0.1) is 0 Å². The molecular formula is C13H13N3O5S. The summed E-state index contributed by atoms with van der Waals surface area (Å²) in [6.07, 6.45) is 0. The number of hydrogen-bond acceptors (Lipinski definition) is 7. The van der Waals surface area contributed by atoms with E-state index in [1.165, 1.54) is 14.2 Å². The quantitative estimate of drug-likeness (QED) is 0.610. The zero-order valence-electron chi connectivity index (χ0n) is 11.8. The van der Waals surface area contributed by atoms with Crippen molar-refractivity contribution in [2.75, 3.05) is 14.2 Å². The molecule has 0 amide bonds. The van der Waals surface area contributed by atoms with Crippen LogP contribution in [0, 0.1) is 0 Å². The molecule has 0 bridgehead atoms. The van der Waals surface area contributed by atoms with Crippen LogP contribution in [0.1, 0.15) is 15.9 Å². The average Bonchev–Trinajstić information content (AvgIpc) is 2.53. The molecule has 1 aromatic heterocycles. The largest absolute Gasteiger partial charge is 0.496 e. The number of benzene rings is 1. The molecule has 1 aromatic carbocycles. The van der Waals surface area contributed by atoms with Crippen LogP contribution in [0.25, 0.3) is 0 Å². The molecule has 2 N–H and O–H groups in total. The maximum Gasteiger partial charge on any atom is 0.342 e. The molecule has 0 atom stereocenters. The highest BCUT2D eigenvalue weighted by atomic mass is 32.2. The molecule has 0 aliphatic carbocycles. The number of ether oxygens (including phenoxy) is 2. The molecular weight excluding hydrogens is 310 g/mol. The van der Waals surface area contributed by atoms with Crippen molar-refractivity contribution in [2.45, 2.75) is 10.8 Å². The fourth-order valence-electron chi connectivity index (χ4n) is 1.72. The van der Waals surface area contributed by atoms with Crippen LogP contribution in [0.4, 0.5) is 0 Å². The lowest BCUT2D eigenvalue weighted by Gasteiger charge is -2.09. The van der Waals surface area contributed by atoms with Gasteiger partial charge in [-0.3, -0.25) is 9.78 Å². The number of carbonyl (C=O) groups excluding carboxylic acids is 1. The van der Waals surface area contributed by atoms with Crippen molar-refractivity contribution in [3.63, 3.8) is 0 Å².